The average molecular weight is 582 g/mol. The SMILES string of the molecule is C=CCOC(=O)c1ccc2ccc(C(F)(F)POc3cccc4ccccc34)cc2c1.CCCCOC(=O)C(C)N. The number of rotatable bonds is 11. The fourth-order valence-electron chi connectivity index (χ4n) is 3.70. The molecule has 0 fully saturated rings. The van der Waals surface area contributed by atoms with E-state index in [4.69, 9.17) is 19.7 Å². The Morgan fingerprint density at radius 3 is 2.44 bits per heavy atom. The van der Waals surface area contributed by atoms with Gasteiger partial charge in [0.05, 0.1) is 12.2 Å². The Hall–Kier alpha value is -3.87. The van der Waals surface area contributed by atoms with Gasteiger partial charge in [-0.1, -0.05) is 80.6 Å². The second-order valence-electron chi connectivity index (χ2n) is 9.23. The molecule has 2 unspecified atom stereocenters. The van der Waals surface area contributed by atoms with Crippen LogP contribution in [0.2, 0.25) is 0 Å². The van der Waals surface area contributed by atoms with Crippen LogP contribution in [0.5, 0.6) is 5.75 Å². The van der Waals surface area contributed by atoms with Crippen molar-refractivity contribution >= 4 is 42.3 Å². The molecule has 41 heavy (non-hydrogen) atoms. The third-order valence-corrected chi connectivity index (χ3v) is 6.79. The molecule has 0 bridgehead atoms. The van der Waals surface area contributed by atoms with Gasteiger partial charge in [0, 0.05) is 10.9 Å². The summed E-state index contributed by atoms with van der Waals surface area (Å²) in [6.07, 6.45) is 3.42. The van der Waals surface area contributed by atoms with Gasteiger partial charge in [-0.3, -0.25) is 4.79 Å². The molecule has 0 aliphatic rings. The number of nitrogens with two attached hydrogens (primary N) is 1. The topological polar surface area (TPSA) is 87.9 Å². The minimum atomic E-state index is -3.19. The third kappa shape index (κ3) is 9.07. The van der Waals surface area contributed by atoms with Crippen molar-refractivity contribution in [1.82, 2.24) is 0 Å². The fourth-order valence-corrected chi connectivity index (χ4v) is 4.39. The van der Waals surface area contributed by atoms with E-state index >= 15 is 0 Å². The van der Waals surface area contributed by atoms with Crippen molar-refractivity contribution in [3.63, 3.8) is 0 Å². The Labute approximate surface area is 240 Å². The van der Waals surface area contributed by atoms with E-state index in [1.165, 1.54) is 18.2 Å². The minimum Gasteiger partial charge on any atom is -0.470 e. The van der Waals surface area contributed by atoms with Crippen LogP contribution in [-0.2, 0) is 19.9 Å². The van der Waals surface area contributed by atoms with Gasteiger partial charge in [-0.25, -0.2) is 4.79 Å². The van der Waals surface area contributed by atoms with Crippen LogP contribution in [0.3, 0.4) is 0 Å². The zero-order chi connectivity index (χ0) is 29.8. The molecule has 0 aliphatic carbocycles. The lowest BCUT2D eigenvalue weighted by Crippen LogP contribution is -2.28. The van der Waals surface area contributed by atoms with Crippen LogP contribution in [0.15, 0.2) is 91.5 Å². The number of unbranched alkanes of at least 4 members (excludes halogenated alkanes) is 1. The molecule has 0 saturated carbocycles. The van der Waals surface area contributed by atoms with Gasteiger partial charge in [-0.05, 0) is 53.8 Å². The van der Waals surface area contributed by atoms with E-state index in [-0.39, 0.29) is 18.1 Å². The van der Waals surface area contributed by atoms with E-state index in [9.17, 15) is 18.4 Å². The second-order valence-corrected chi connectivity index (χ2v) is 10.3. The molecular weight excluding hydrogens is 547 g/mol. The number of carbonyl (C=O) groups excluding carboxylic acids is 2. The largest absolute Gasteiger partial charge is 0.470 e. The summed E-state index contributed by atoms with van der Waals surface area (Å²) in [7, 11) is -1.10. The number of benzene rings is 4. The number of carbonyl (C=O) groups is 2. The highest BCUT2D eigenvalue weighted by Crippen LogP contribution is 2.47. The third-order valence-electron chi connectivity index (χ3n) is 5.92. The quantitative estimate of drug-likeness (QED) is 0.0844. The summed E-state index contributed by atoms with van der Waals surface area (Å²) in [5, 5.41) is 2.99. The van der Waals surface area contributed by atoms with Crippen LogP contribution in [0, 0.1) is 0 Å². The summed E-state index contributed by atoms with van der Waals surface area (Å²) in [4.78, 5) is 22.7. The fraction of sp³-hybridized carbons (Fsp3) is 0.250. The number of esters is 2. The van der Waals surface area contributed by atoms with Crippen molar-refractivity contribution in [3.05, 3.63) is 103 Å². The first kappa shape index (κ1) is 31.7. The van der Waals surface area contributed by atoms with Crippen molar-refractivity contribution in [2.24, 2.45) is 5.73 Å². The summed E-state index contributed by atoms with van der Waals surface area (Å²) >= 11 is 0. The summed E-state index contributed by atoms with van der Waals surface area (Å²) in [5.74, 6) is -0.419. The summed E-state index contributed by atoms with van der Waals surface area (Å²) in [6, 6.07) is 21.6. The van der Waals surface area contributed by atoms with E-state index in [0.717, 1.165) is 29.0 Å². The standard InChI is InChI=1S/C25H19F2O3P.C7H15NO2/c1-2-14-29-24(28)19-11-10-17-12-13-21(16-20(17)15-19)25(26,27)31-30-23-9-5-7-18-6-3-4-8-22(18)23;1-3-4-5-10-7(9)6(2)8/h2-13,15-16,31H,1,14H2;6H,3-5,8H2,1-2H3. The lowest BCUT2D eigenvalue weighted by atomic mass is 10.0. The number of alkyl halides is 2. The number of hydrogen-bond acceptors (Lipinski definition) is 6. The number of halogens is 2. The van der Waals surface area contributed by atoms with Gasteiger partial charge in [0.1, 0.15) is 18.4 Å². The highest BCUT2D eigenvalue weighted by molar-refractivity contribution is 7.33. The first-order valence-electron chi connectivity index (χ1n) is 13.2. The maximum absolute atomic E-state index is 15.0. The van der Waals surface area contributed by atoms with Gasteiger partial charge in [0.2, 0.25) is 0 Å². The predicted molar refractivity (Wildman–Crippen MR) is 161 cm³/mol. The molecule has 216 valence electrons. The number of ether oxygens (including phenoxy) is 2. The summed E-state index contributed by atoms with van der Waals surface area (Å²) in [6.45, 7) is 7.74. The van der Waals surface area contributed by atoms with E-state index < -0.39 is 26.5 Å². The van der Waals surface area contributed by atoms with E-state index in [1.807, 2.05) is 37.3 Å². The molecule has 0 aromatic heterocycles. The zero-order valence-corrected chi connectivity index (χ0v) is 24.1. The van der Waals surface area contributed by atoms with Crippen molar-refractivity contribution in [3.8, 4) is 5.75 Å². The molecule has 9 heteroatoms. The molecule has 4 aromatic rings. The highest BCUT2D eigenvalue weighted by Gasteiger charge is 2.34. The lowest BCUT2D eigenvalue weighted by molar-refractivity contribution is -0.144. The van der Waals surface area contributed by atoms with Crippen LogP contribution in [-0.4, -0.2) is 31.2 Å². The molecule has 0 aliphatic heterocycles. The molecule has 6 nitrogen and oxygen atoms in total. The van der Waals surface area contributed by atoms with Crippen molar-refractivity contribution in [1.29, 1.82) is 0 Å². The van der Waals surface area contributed by atoms with Crippen molar-refractivity contribution in [2.75, 3.05) is 13.2 Å². The Kier molecular flexibility index (Phi) is 11.7. The molecule has 0 spiro atoms. The maximum atomic E-state index is 15.0. The smallest absolute Gasteiger partial charge is 0.338 e. The van der Waals surface area contributed by atoms with Crippen LogP contribution in [0.25, 0.3) is 21.5 Å². The molecule has 0 saturated heterocycles. The van der Waals surface area contributed by atoms with Gasteiger partial charge in [0.25, 0.3) is 0 Å². The van der Waals surface area contributed by atoms with Crippen LogP contribution in [0.4, 0.5) is 8.78 Å². The van der Waals surface area contributed by atoms with Crippen molar-refractivity contribution < 1.29 is 32.4 Å². The van der Waals surface area contributed by atoms with Gasteiger partial charge in [0.15, 0.2) is 8.81 Å². The Morgan fingerprint density at radius 1 is 0.976 bits per heavy atom. The van der Waals surface area contributed by atoms with Crippen molar-refractivity contribution in [2.45, 2.75) is 38.4 Å². The summed E-state index contributed by atoms with van der Waals surface area (Å²) < 4.78 is 45.3. The normalized spacial score (nSPS) is 12.0. The molecule has 4 aromatic carbocycles. The Balaban J connectivity index is 0.000000397. The minimum absolute atomic E-state index is 0.0849. The molecular formula is C32H34F2NO5P. The lowest BCUT2D eigenvalue weighted by Gasteiger charge is -2.18. The number of hydrogen-bond donors (Lipinski definition) is 1. The molecule has 4 rings (SSSR count). The second kappa shape index (κ2) is 15.2. The van der Waals surface area contributed by atoms with Crippen LogP contribution in [0.1, 0.15) is 42.6 Å². The Bertz CT molecular complexity index is 1490. The first-order valence-corrected chi connectivity index (χ1v) is 14.1. The predicted octanol–water partition coefficient (Wildman–Crippen LogP) is 7.73. The summed E-state index contributed by atoms with van der Waals surface area (Å²) in [5.41, 5.74) is 2.18. The van der Waals surface area contributed by atoms with E-state index in [1.54, 1.807) is 43.3 Å². The maximum Gasteiger partial charge on any atom is 0.338 e. The van der Waals surface area contributed by atoms with Crippen LogP contribution >= 0.6 is 8.81 Å². The first-order chi connectivity index (χ1) is 19.7. The van der Waals surface area contributed by atoms with Gasteiger partial charge in [-0.15, -0.1) is 0 Å². The van der Waals surface area contributed by atoms with Gasteiger partial charge in [-0.2, -0.15) is 8.78 Å². The van der Waals surface area contributed by atoms with Crippen LogP contribution < -0.4 is 10.3 Å². The Morgan fingerprint density at radius 2 is 1.71 bits per heavy atom. The van der Waals surface area contributed by atoms with Gasteiger partial charge >= 0.3 is 17.6 Å². The molecule has 2 atom stereocenters. The van der Waals surface area contributed by atoms with E-state index in [0.29, 0.717) is 23.3 Å². The van der Waals surface area contributed by atoms with Gasteiger partial charge < -0.3 is 19.7 Å². The number of fused-ring (bicyclic) bond motifs is 2. The zero-order valence-electron chi connectivity index (χ0n) is 23.1. The average Bonchev–Trinajstić information content (AvgIpc) is 2.98. The monoisotopic (exact) mass is 581 g/mol. The molecule has 0 amide bonds. The highest BCUT2D eigenvalue weighted by atomic mass is 31.1. The molecule has 0 radical (unpaired) electrons. The molecule has 2 N–H and O–H groups in total. The van der Waals surface area contributed by atoms with E-state index in [2.05, 4.69) is 6.58 Å². The molecule has 0 heterocycles.